The summed E-state index contributed by atoms with van der Waals surface area (Å²) < 4.78 is 27.5. The average Bonchev–Trinajstić information content (AvgIpc) is 2.79. The summed E-state index contributed by atoms with van der Waals surface area (Å²) >= 11 is 0. The fraction of sp³-hybridized carbons (Fsp3) is 0.500. The highest BCUT2D eigenvalue weighted by Gasteiger charge is 2.18. The monoisotopic (exact) mass is 283 g/mol. The van der Waals surface area contributed by atoms with E-state index in [0.29, 0.717) is 0 Å². The summed E-state index contributed by atoms with van der Waals surface area (Å²) in [5.74, 6) is -1.41. The first kappa shape index (κ1) is 14.6. The molecule has 1 aromatic carbocycles. The lowest BCUT2D eigenvalue weighted by molar-refractivity contribution is 0.248. The Hall–Kier alpha value is -1.85. The van der Waals surface area contributed by atoms with Gasteiger partial charge in [-0.2, -0.15) is 0 Å². The number of urea groups is 1. The Balaban J connectivity index is 2.04. The molecule has 1 saturated carbocycles. The van der Waals surface area contributed by atoms with Crippen molar-refractivity contribution in [3.05, 3.63) is 23.8 Å². The molecule has 110 valence electrons. The molecule has 1 aliphatic rings. The van der Waals surface area contributed by atoms with Gasteiger partial charge in [0.05, 0.1) is 0 Å². The van der Waals surface area contributed by atoms with Crippen LogP contribution in [0.2, 0.25) is 0 Å². The summed E-state index contributed by atoms with van der Waals surface area (Å²) in [6.07, 6.45) is 4.11. The second kappa shape index (κ2) is 6.07. The number of hydrogen-bond acceptors (Lipinski definition) is 2. The van der Waals surface area contributed by atoms with Crippen molar-refractivity contribution in [1.82, 2.24) is 5.32 Å². The van der Waals surface area contributed by atoms with Gasteiger partial charge in [0, 0.05) is 25.8 Å². The maximum atomic E-state index is 13.8. The quantitative estimate of drug-likeness (QED) is 0.895. The van der Waals surface area contributed by atoms with E-state index in [1.165, 1.54) is 4.90 Å². The number of hydrogen-bond donors (Lipinski definition) is 2. The molecule has 0 heterocycles. The summed E-state index contributed by atoms with van der Waals surface area (Å²) in [7, 11) is 3.11. The van der Waals surface area contributed by atoms with Gasteiger partial charge in [0.1, 0.15) is 5.69 Å². The highest BCUT2D eigenvalue weighted by molar-refractivity contribution is 5.89. The van der Waals surface area contributed by atoms with Crippen LogP contribution in [-0.4, -0.2) is 26.2 Å². The van der Waals surface area contributed by atoms with Crippen molar-refractivity contribution in [2.24, 2.45) is 0 Å². The summed E-state index contributed by atoms with van der Waals surface area (Å²) in [5, 5.41) is 5.27. The lowest BCUT2D eigenvalue weighted by Crippen LogP contribution is -2.36. The number of nitrogens with one attached hydrogen (secondary N) is 2. The van der Waals surface area contributed by atoms with Gasteiger partial charge in [-0.3, -0.25) is 0 Å². The molecule has 6 heteroatoms. The van der Waals surface area contributed by atoms with Gasteiger partial charge in [0.2, 0.25) is 0 Å². The van der Waals surface area contributed by atoms with Crippen molar-refractivity contribution in [2.45, 2.75) is 31.7 Å². The van der Waals surface area contributed by atoms with Gasteiger partial charge in [-0.1, -0.05) is 12.8 Å². The van der Waals surface area contributed by atoms with Gasteiger partial charge in [-0.05, 0) is 25.0 Å². The van der Waals surface area contributed by atoms with E-state index in [1.807, 2.05) is 0 Å². The van der Waals surface area contributed by atoms with Crippen LogP contribution in [0.4, 0.5) is 25.0 Å². The van der Waals surface area contributed by atoms with Crippen molar-refractivity contribution < 1.29 is 13.6 Å². The largest absolute Gasteiger partial charge is 0.373 e. The molecule has 1 fully saturated rings. The number of rotatable bonds is 3. The van der Waals surface area contributed by atoms with Crippen molar-refractivity contribution >= 4 is 17.4 Å². The molecule has 1 aromatic rings. The number of carbonyl (C=O) groups is 1. The van der Waals surface area contributed by atoms with Gasteiger partial charge >= 0.3 is 6.03 Å². The number of carbonyl (C=O) groups excluding carboxylic acids is 1. The highest BCUT2D eigenvalue weighted by Crippen LogP contribution is 2.25. The van der Waals surface area contributed by atoms with E-state index in [9.17, 15) is 13.6 Å². The number of amides is 2. The Labute approximate surface area is 117 Å². The molecule has 20 heavy (non-hydrogen) atoms. The van der Waals surface area contributed by atoms with Crippen LogP contribution in [0.3, 0.4) is 0 Å². The van der Waals surface area contributed by atoms with Crippen molar-refractivity contribution in [3.63, 3.8) is 0 Å². The van der Waals surface area contributed by atoms with Gasteiger partial charge in [0.25, 0.3) is 0 Å². The molecule has 4 nitrogen and oxygen atoms in total. The second-order valence-corrected chi connectivity index (χ2v) is 5.26. The molecule has 0 unspecified atom stereocenters. The van der Waals surface area contributed by atoms with Crippen LogP contribution >= 0.6 is 0 Å². The Bertz CT molecular complexity index is 476. The number of benzene rings is 1. The summed E-state index contributed by atoms with van der Waals surface area (Å²) in [6.45, 7) is 0. The van der Waals surface area contributed by atoms with Crippen molar-refractivity contribution in [2.75, 3.05) is 24.3 Å². The average molecular weight is 283 g/mol. The molecule has 0 aromatic heterocycles. The SMILES string of the molecule is CN(C)c1c(F)cc(NC(=O)NC2CCCC2)cc1F. The number of halogens is 2. The molecule has 0 radical (unpaired) electrons. The van der Waals surface area contributed by atoms with Crippen LogP contribution in [0.5, 0.6) is 0 Å². The minimum atomic E-state index is -0.703. The van der Waals surface area contributed by atoms with Crippen molar-refractivity contribution in [1.29, 1.82) is 0 Å². The maximum Gasteiger partial charge on any atom is 0.319 e. The summed E-state index contributed by atoms with van der Waals surface area (Å²) in [4.78, 5) is 13.1. The molecule has 2 N–H and O–H groups in total. The van der Waals surface area contributed by atoms with Gasteiger partial charge in [-0.15, -0.1) is 0 Å². The smallest absolute Gasteiger partial charge is 0.319 e. The van der Waals surface area contributed by atoms with Crippen LogP contribution in [0.1, 0.15) is 25.7 Å². The summed E-state index contributed by atoms with van der Waals surface area (Å²) in [6, 6.07) is 1.97. The van der Waals surface area contributed by atoms with E-state index in [-0.39, 0.29) is 17.4 Å². The predicted molar refractivity (Wildman–Crippen MR) is 75.1 cm³/mol. The molecular formula is C14H19F2N3O. The zero-order valence-corrected chi connectivity index (χ0v) is 11.7. The first-order chi connectivity index (χ1) is 9.47. The molecule has 2 rings (SSSR count). The third kappa shape index (κ3) is 3.37. The Morgan fingerprint density at radius 1 is 1.20 bits per heavy atom. The van der Waals surface area contributed by atoms with Gasteiger partial charge in [0.15, 0.2) is 11.6 Å². The van der Waals surface area contributed by atoms with E-state index in [2.05, 4.69) is 10.6 Å². The Kier molecular flexibility index (Phi) is 4.42. The van der Waals surface area contributed by atoms with E-state index >= 15 is 0 Å². The Morgan fingerprint density at radius 2 is 1.75 bits per heavy atom. The van der Waals surface area contributed by atoms with Crippen LogP contribution in [-0.2, 0) is 0 Å². The minimum absolute atomic E-state index is 0.112. The van der Waals surface area contributed by atoms with E-state index < -0.39 is 17.7 Å². The van der Waals surface area contributed by atoms with Crippen LogP contribution in [0.15, 0.2) is 12.1 Å². The molecular weight excluding hydrogens is 264 g/mol. The zero-order chi connectivity index (χ0) is 14.7. The van der Waals surface area contributed by atoms with Gasteiger partial charge in [-0.25, -0.2) is 13.6 Å². The predicted octanol–water partition coefficient (Wildman–Crippen LogP) is 3.09. The third-order valence-electron chi connectivity index (χ3n) is 3.41. The van der Waals surface area contributed by atoms with E-state index in [1.54, 1.807) is 14.1 Å². The zero-order valence-electron chi connectivity index (χ0n) is 11.7. The molecule has 0 saturated heterocycles. The maximum absolute atomic E-state index is 13.8. The van der Waals surface area contributed by atoms with Crippen molar-refractivity contribution in [3.8, 4) is 0 Å². The minimum Gasteiger partial charge on any atom is -0.373 e. The number of nitrogens with zero attached hydrogens (tertiary/aromatic N) is 1. The normalized spacial score (nSPS) is 15.2. The molecule has 2 amide bonds. The fourth-order valence-electron chi connectivity index (χ4n) is 2.49. The lowest BCUT2D eigenvalue weighted by atomic mass is 10.2. The molecule has 0 atom stereocenters. The van der Waals surface area contributed by atoms with Crippen LogP contribution in [0.25, 0.3) is 0 Å². The van der Waals surface area contributed by atoms with E-state index in [4.69, 9.17) is 0 Å². The van der Waals surface area contributed by atoms with Crippen LogP contribution in [0, 0.1) is 11.6 Å². The molecule has 1 aliphatic carbocycles. The third-order valence-corrected chi connectivity index (χ3v) is 3.41. The first-order valence-corrected chi connectivity index (χ1v) is 6.71. The first-order valence-electron chi connectivity index (χ1n) is 6.71. The summed E-state index contributed by atoms with van der Waals surface area (Å²) in [5.41, 5.74) is -0.00662. The standard InChI is InChI=1S/C14H19F2N3O/c1-19(2)13-11(15)7-10(8-12(13)16)18-14(20)17-9-5-3-4-6-9/h7-9H,3-6H2,1-2H3,(H2,17,18,20). The lowest BCUT2D eigenvalue weighted by Gasteiger charge is -2.17. The second-order valence-electron chi connectivity index (χ2n) is 5.26. The number of anilines is 2. The molecule has 0 spiro atoms. The fourth-order valence-corrected chi connectivity index (χ4v) is 2.49. The van der Waals surface area contributed by atoms with E-state index in [0.717, 1.165) is 37.8 Å². The van der Waals surface area contributed by atoms with Gasteiger partial charge < -0.3 is 15.5 Å². The highest BCUT2D eigenvalue weighted by atomic mass is 19.1. The van der Waals surface area contributed by atoms with Crippen LogP contribution < -0.4 is 15.5 Å². The topological polar surface area (TPSA) is 44.4 Å². The molecule has 0 bridgehead atoms. The Morgan fingerprint density at radius 3 is 2.25 bits per heavy atom. The molecule has 0 aliphatic heterocycles.